The molecule has 0 fully saturated rings. The van der Waals surface area contributed by atoms with Crippen molar-refractivity contribution in [2.45, 2.75) is 20.3 Å². The summed E-state index contributed by atoms with van der Waals surface area (Å²) in [7, 11) is 0. The number of non-ortho nitro benzene ring substituents is 1. The van der Waals surface area contributed by atoms with E-state index in [2.05, 4.69) is 50.3 Å². The first-order valence-corrected chi connectivity index (χ1v) is 10.6. The van der Waals surface area contributed by atoms with Gasteiger partial charge in [-0.1, -0.05) is 41.1 Å². The Morgan fingerprint density at radius 3 is 2.62 bits per heavy atom. The number of nitrogens with one attached hydrogen (secondary N) is 1. The van der Waals surface area contributed by atoms with Crippen LogP contribution in [-0.4, -0.2) is 14.9 Å². The first-order valence-electron chi connectivity index (χ1n) is 9.02. The van der Waals surface area contributed by atoms with Crippen molar-refractivity contribution < 1.29 is 4.92 Å². The number of aromatic nitrogens is 2. The van der Waals surface area contributed by atoms with E-state index >= 15 is 0 Å². The molecule has 0 aliphatic rings. The van der Waals surface area contributed by atoms with Crippen molar-refractivity contribution in [2.75, 3.05) is 5.32 Å². The van der Waals surface area contributed by atoms with Crippen LogP contribution in [0.1, 0.15) is 17.4 Å². The normalized spacial score (nSPS) is 11.0. The number of benzene rings is 2. The summed E-state index contributed by atoms with van der Waals surface area (Å²) < 4.78 is 1.01. The molecule has 6 nitrogen and oxygen atoms in total. The zero-order valence-electron chi connectivity index (χ0n) is 15.8. The third-order valence-corrected chi connectivity index (χ3v) is 6.47. The second kappa shape index (κ2) is 7.88. The molecule has 29 heavy (non-hydrogen) atoms. The van der Waals surface area contributed by atoms with Gasteiger partial charge in [-0.25, -0.2) is 9.97 Å². The second-order valence-electron chi connectivity index (χ2n) is 6.54. The van der Waals surface area contributed by atoms with E-state index in [-0.39, 0.29) is 5.69 Å². The minimum Gasteiger partial charge on any atom is -0.339 e. The third kappa shape index (κ3) is 3.73. The largest absolute Gasteiger partial charge is 0.339 e. The number of nitro benzene ring substituents is 1. The van der Waals surface area contributed by atoms with Crippen molar-refractivity contribution in [1.82, 2.24) is 9.97 Å². The van der Waals surface area contributed by atoms with Crippen molar-refractivity contribution in [2.24, 2.45) is 0 Å². The Morgan fingerprint density at radius 2 is 1.93 bits per heavy atom. The number of hydrogen-bond donors (Lipinski definition) is 1. The molecular weight excluding hydrogens is 452 g/mol. The summed E-state index contributed by atoms with van der Waals surface area (Å²) in [6.45, 7) is 4.03. The van der Waals surface area contributed by atoms with Crippen LogP contribution < -0.4 is 5.32 Å². The van der Waals surface area contributed by atoms with Gasteiger partial charge in [-0.3, -0.25) is 10.1 Å². The Bertz CT molecular complexity index is 1220. The lowest BCUT2D eigenvalue weighted by Crippen LogP contribution is -1.99. The average molecular weight is 469 g/mol. The van der Waals surface area contributed by atoms with E-state index in [9.17, 15) is 10.1 Å². The number of halogens is 1. The van der Waals surface area contributed by atoms with Gasteiger partial charge in [0.05, 0.1) is 10.3 Å². The molecule has 0 spiro atoms. The molecule has 1 N–H and O–H groups in total. The lowest BCUT2D eigenvalue weighted by Gasteiger charge is -2.11. The molecule has 0 saturated heterocycles. The topological polar surface area (TPSA) is 81.0 Å². The van der Waals surface area contributed by atoms with Crippen molar-refractivity contribution in [3.63, 3.8) is 0 Å². The SMILES string of the molecule is CCc1sc2ncnc(Nc3cc([N+](=O)[O-])ccc3C)c2c1-c1ccc(Br)cc1. The van der Waals surface area contributed by atoms with Gasteiger partial charge in [-0.2, -0.15) is 0 Å². The molecule has 2 heterocycles. The second-order valence-corrected chi connectivity index (χ2v) is 8.54. The molecular formula is C21H17BrN4O2S. The molecule has 146 valence electrons. The highest BCUT2D eigenvalue weighted by atomic mass is 79.9. The van der Waals surface area contributed by atoms with Crippen LogP contribution in [0.4, 0.5) is 17.2 Å². The Hall–Kier alpha value is -2.84. The third-order valence-electron chi connectivity index (χ3n) is 4.70. The lowest BCUT2D eigenvalue weighted by atomic mass is 10.0. The van der Waals surface area contributed by atoms with Crippen LogP contribution in [0.25, 0.3) is 21.3 Å². The summed E-state index contributed by atoms with van der Waals surface area (Å²) in [6, 6.07) is 12.9. The van der Waals surface area contributed by atoms with Gasteiger partial charge in [0.2, 0.25) is 0 Å². The predicted octanol–water partition coefficient (Wildman–Crippen LogP) is 6.64. The Labute approximate surface area is 179 Å². The fourth-order valence-corrected chi connectivity index (χ4v) is 4.60. The summed E-state index contributed by atoms with van der Waals surface area (Å²) in [5.41, 5.74) is 3.79. The number of anilines is 2. The summed E-state index contributed by atoms with van der Waals surface area (Å²) in [5, 5.41) is 15.4. The van der Waals surface area contributed by atoms with Crippen LogP contribution >= 0.6 is 27.3 Å². The molecule has 0 atom stereocenters. The van der Waals surface area contributed by atoms with Gasteiger partial charge >= 0.3 is 0 Å². The molecule has 2 aromatic carbocycles. The van der Waals surface area contributed by atoms with E-state index in [1.807, 2.05) is 19.1 Å². The highest BCUT2D eigenvalue weighted by molar-refractivity contribution is 9.10. The highest BCUT2D eigenvalue weighted by Gasteiger charge is 2.19. The Balaban J connectivity index is 1.90. The number of rotatable bonds is 5. The monoisotopic (exact) mass is 468 g/mol. The van der Waals surface area contributed by atoms with Gasteiger partial charge in [0.15, 0.2) is 0 Å². The van der Waals surface area contributed by atoms with Crippen molar-refractivity contribution in [3.05, 3.63) is 73.8 Å². The smallest absolute Gasteiger partial charge is 0.271 e. The van der Waals surface area contributed by atoms with Crippen LogP contribution in [0.3, 0.4) is 0 Å². The van der Waals surface area contributed by atoms with Crippen LogP contribution in [-0.2, 0) is 6.42 Å². The predicted molar refractivity (Wildman–Crippen MR) is 121 cm³/mol. The molecule has 2 aromatic heterocycles. The molecule has 4 rings (SSSR count). The fourth-order valence-electron chi connectivity index (χ4n) is 3.23. The number of fused-ring (bicyclic) bond motifs is 1. The molecule has 8 heteroatoms. The zero-order chi connectivity index (χ0) is 20.5. The van der Waals surface area contributed by atoms with Gasteiger partial charge in [0.25, 0.3) is 5.69 Å². The summed E-state index contributed by atoms with van der Waals surface area (Å²) in [6.07, 6.45) is 2.40. The molecule has 0 bridgehead atoms. The molecule has 4 aromatic rings. The van der Waals surface area contributed by atoms with Gasteiger partial charge in [-0.15, -0.1) is 11.3 Å². The molecule has 0 aliphatic carbocycles. The van der Waals surface area contributed by atoms with E-state index in [4.69, 9.17) is 0 Å². The standard InChI is InChI=1S/C21H17BrN4O2S/c1-3-17-18(13-5-7-14(22)8-6-13)19-20(23-11-24-21(19)29-17)25-16-10-15(26(27)28)9-4-12(16)2/h4-11H,3H2,1-2H3,(H,23,24,25). The van der Waals surface area contributed by atoms with Gasteiger partial charge < -0.3 is 5.32 Å². The molecule has 0 radical (unpaired) electrons. The van der Waals surface area contributed by atoms with Crippen molar-refractivity contribution >= 4 is 54.7 Å². The van der Waals surface area contributed by atoms with Crippen LogP contribution in [0.15, 0.2) is 53.3 Å². The summed E-state index contributed by atoms with van der Waals surface area (Å²) >= 11 is 5.14. The fraction of sp³-hybridized carbons (Fsp3) is 0.143. The van der Waals surface area contributed by atoms with Crippen LogP contribution in [0.2, 0.25) is 0 Å². The Kier molecular flexibility index (Phi) is 5.29. The van der Waals surface area contributed by atoms with Gasteiger partial charge in [0.1, 0.15) is 17.0 Å². The van der Waals surface area contributed by atoms with Crippen molar-refractivity contribution in [3.8, 4) is 11.1 Å². The number of hydrogen-bond acceptors (Lipinski definition) is 6. The average Bonchev–Trinajstić information content (AvgIpc) is 3.09. The zero-order valence-corrected chi connectivity index (χ0v) is 18.2. The molecule has 0 amide bonds. The van der Waals surface area contributed by atoms with Gasteiger partial charge in [0, 0.05) is 32.7 Å². The number of thiophene rings is 1. The molecule has 0 saturated carbocycles. The minimum atomic E-state index is -0.396. The molecule has 0 aliphatic heterocycles. The van der Waals surface area contributed by atoms with E-state index in [0.717, 1.165) is 37.8 Å². The molecule has 0 unspecified atom stereocenters. The lowest BCUT2D eigenvalue weighted by molar-refractivity contribution is -0.384. The first kappa shape index (κ1) is 19.5. The van der Waals surface area contributed by atoms with E-state index < -0.39 is 4.92 Å². The van der Waals surface area contributed by atoms with E-state index in [0.29, 0.717) is 11.5 Å². The first-order chi connectivity index (χ1) is 14.0. The number of nitrogens with zero attached hydrogens (tertiary/aromatic N) is 3. The van der Waals surface area contributed by atoms with Gasteiger partial charge in [-0.05, 0) is 36.6 Å². The highest BCUT2D eigenvalue weighted by Crippen LogP contribution is 2.42. The van der Waals surface area contributed by atoms with Crippen LogP contribution in [0.5, 0.6) is 0 Å². The number of aryl methyl sites for hydroxylation is 2. The van der Waals surface area contributed by atoms with Crippen molar-refractivity contribution in [1.29, 1.82) is 0 Å². The van der Waals surface area contributed by atoms with Crippen LogP contribution in [0, 0.1) is 17.0 Å². The summed E-state index contributed by atoms with van der Waals surface area (Å²) in [5.74, 6) is 0.646. The Morgan fingerprint density at radius 1 is 1.17 bits per heavy atom. The maximum Gasteiger partial charge on any atom is 0.271 e. The minimum absolute atomic E-state index is 0.0381. The maximum absolute atomic E-state index is 11.2. The summed E-state index contributed by atoms with van der Waals surface area (Å²) in [4.78, 5) is 21.9. The van der Waals surface area contributed by atoms with E-state index in [1.54, 1.807) is 17.4 Å². The maximum atomic E-state index is 11.2. The quantitative estimate of drug-likeness (QED) is 0.262. The van der Waals surface area contributed by atoms with E-state index in [1.165, 1.54) is 23.3 Å². The number of nitro groups is 1.